The number of hydrogen-bond donors (Lipinski definition) is 2. The lowest BCUT2D eigenvalue weighted by Gasteiger charge is -2.08. The first-order valence-electron chi connectivity index (χ1n) is 8.41. The number of carbonyl (C=O) groups excluding carboxylic acids is 2. The summed E-state index contributed by atoms with van der Waals surface area (Å²) in [6.45, 7) is 3.42. The molecule has 0 saturated heterocycles. The van der Waals surface area contributed by atoms with Crippen LogP contribution in [0.5, 0.6) is 0 Å². The summed E-state index contributed by atoms with van der Waals surface area (Å²) in [6, 6.07) is 14.9. The fourth-order valence-corrected chi connectivity index (χ4v) is 2.72. The van der Waals surface area contributed by atoms with E-state index in [2.05, 4.69) is 15.7 Å². The van der Waals surface area contributed by atoms with Gasteiger partial charge >= 0.3 is 0 Å². The van der Waals surface area contributed by atoms with E-state index in [1.807, 2.05) is 37.3 Å². The van der Waals surface area contributed by atoms with Crippen LogP contribution in [0.3, 0.4) is 0 Å². The predicted molar refractivity (Wildman–Crippen MR) is 100 cm³/mol. The summed E-state index contributed by atoms with van der Waals surface area (Å²) in [4.78, 5) is 24.2. The molecule has 3 aromatic rings. The van der Waals surface area contributed by atoms with E-state index in [-0.39, 0.29) is 12.1 Å². The molecule has 0 aliphatic heterocycles. The van der Waals surface area contributed by atoms with Crippen molar-refractivity contribution in [2.45, 2.75) is 13.8 Å². The summed E-state index contributed by atoms with van der Waals surface area (Å²) < 4.78 is 14.9. The maximum absolute atomic E-state index is 13.2. The van der Waals surface area contributed by atoms with Crippen molar-refractivity contribution in [3.63, 3.8) is 0 Å². The fourth-order valence-electron chi connectivity index (χ4n) is 2.72. The Kier molecular flexibility index (Phi) is 5.30. The third-order valence-electron chi connectivity index (χ3n) is 4.05. The Balaban J connectivity index is 1.66. The molecule has 0 radical (unpaired) electrons. The van der Waals surface area contributed by atoms with Gasteiger partial charge < -0.3 is 10.6 Å². The number of rotatable bonds is 5. The predicted octanol–water partition coefficient (Wildman–Crippen LogP) is 3.00. The standard InChI is InChI=1S/C20H19FN4O2/c1-13-19(14(2)25(24-13)17-9-4-3-5-10-17)23-18(26)12-22-20(27)15-7-6-8-16(21)11-15/h3-11H,12H2,1-2H3,(H,22,27)(H,23,26). The van der Waals surface area contributed by atoms with Crippen molar-refractivity contribution in [3.8, 4) is 5.69 Å². The lowest BCUT2D eigenvalue weighted by atomic mass is 10.2. The molecule has 1 heterocycles. The highest BCUT2D eigenvalue weighted by atomic mass is 19.1. The lowest BCUT2D eigenvalue weighted by Crippen LogP contribution is -2.33. The second-order valence-electron chi connectivity index (χ2n) is 6.03. The molecule has 2 N–H and O–H groups in total. The SMILES string of the molecule is Cc1nn(-c2ccccc2)c(C)c1NC(=O)CNC(=O)c1cccc(F)c1. The van der Waals surface area contributed by atoms with Crippen LogP contribution < -0.4 is 10.6 Å². The number of halogens is 1. The van der Waals surface area contributed by atoms with Gasteiger partial charge in [-0.25, -0.2) is 9.07 Å². The first-order valence-corrected chi connectivity index (χ1v) is 8.41. The summed E-state index contributed by atoms with van der Waals surface area (Å²) in [5.74, 6) is -1.41. The van der Waals surface area contributed by atoms with E-state index in [9.17, 15) is 14.0 Å². The number of aromatic nitrogens is 2. The molecule has 1 aromatic heterocycles. The largest absolute Gasteiger partial charge is 0.343 e. The van der Waals surface area contributed by atoms with Crippen LogP contribution in [0.25, 0.3) is 5.69 Å². The van der Waals surface area contributed by atoms with Crippen LogP contribution in [-0.4, -0.2) is 28.1 Å². The summed E-state index contributed by atoms with van der Waals surface area (Å²) >= 11 is 0. The van der Waals surface area contributed by atoms with Gasteiger partial charge in [0.1, 0.15) is 5.82 Å². The van der Waals surface area contributed by atoms with Crippen LogP contribution in [0.2, 0.25) is 0 Å². The zero-order chi connectivity index (χ0) is 19.4. The summed E-state index contributed by atoms with van der Waals surface area (Å²) in [5.41, 5.74) is 3.10. The van der Waals surface area contributed by atoms with Gasteiger partial charge in [-0.05, 0) is 44.2 Å². The van der Waals surface area contributed by atoms with E-state index < -0.39 is 17.6 Å². The Morgan fingerprint density at radius 1 is 1.07 bits per heavy atom. The first-order chi connectivity index (χ1) is 13.0. The molecule has 6 nitrogen and oxygen atoms in total. The van der Waals surface area contributed by atoms with Crippen molar-refractivity contribution in [2.75, 3.05) is 11.9 Å². The molecule has 3 rings (SSSR count). The Labute approximate surface area is 156 Å². The molecule has 0 bridgehead atoms. The molecule has 0 atom stereocenters. The van der Waals surface area contributed by atoms with Crippen molar-refractivity contribution in [3.05, 3.63) is 77.4 Å². The minimum atomic E-state index is -0.516. The van der Waals surface area contributed by atoms with E-state index in [4.69, 9.17) is 0 Å². The number of hydrogen-bond acceptors (Lipinski definition) is 3. The van der Waals surface area contributed by atoms with Crippen molar-refractivity contribution >= 4 is 17.5 Å². The minimum Gasteiger partial charge on any atom is -0.343 e. The normalized spacial score (nSPS) is 10.5. The maximum atomic E-state index is 13.2. The van der Waals surface area contributed by atoms with Gasteiger partial charge in [0.25, 0.3) is 5.91 Å². The third-order valence-corrected chi connectivity index (χ3v) is 4.05. The fraction of sp³-hybridized carbons (Fsp3) is 0.150. The molecule has 2 amide bonds. The van der Waals surface area contributed by atoms with E-state index in [1.54, 1.807) is 11.6 Å². The zero-order valence-corrected chi connectivity index (χ0v) is 15.0. The number of anilines is 1. The Bertz CT molecular complexity index is 983. The Morgan fingerprint density at radius 2 is 1.81 bits per heavy atom. The Hall–Kier alpha value is -3.48. The number of benzene rings is 2. The first kappa shape index (κ1) is 18.3. The number of para-hydroxylation sites is 1. The smallest absolute Gasteiger partial charge is 0.251 e. The van der Waals surface area contributed by atoms with Gasteiger partial charge in [0, 0.05) is 5.56 Å². The monoisotopic (exact) mass is 366 g/mol. The summed E-state index contributed by atoms with van der Waals surface area (Å²) in [5, 5.41) is 9.71. The van der Waals surface area contributed by atoms with Gasteiger partial charge in [-0.15, -0.1) is 0 Å². The summed E-state index contributed by atoms with van der Waals surface area (Å²) in [6.07, 6.45) is 0. The van der Waals surface area contributed by atoms with Gasteiger partial charge in [-0.2, -0.15) is 5.10 Å². The molecular formula is C20H19FN4O2. The van der Waals surface area contributed by atoms with Crippen molar-refractivity contribution in [2.24, 2.45) is 0 Å². The molecule has 0 aliphatic carbocycles. The summed E-state index contributed by atoms with van der Waals surface area (Å²) in [7, 11) is 0. The Morgan fingerprint density at radius 3 is 2.52 bits per heavy atom. The number of amides is 2. The molecule has 0 spiro atoms. The quantitative estimate of drug-likeness (QED) is 0.729. The highest BCUT2D eigenvalue weighted by molar-refractivity contribution is 5.99. The van der Waals surface area contributed by atoms with Crippen LogP contribution in [0.15, 0.2) is 54.6 Å². The average molecular weight is 366 g/mol. The van der Waals surface area contributed by atoms with Crippen LogP contribution in [0, 0.1) is 19.7 Å². The maximum Gasteiger partial charge on any atom is 0.251 e. The molecule has 138 valence electrons. The van der Waals surface area contributed by atoms with E-state index in [0.29, 0.717) is 11.4 Å². The molecule has 2 aromatic carbocycles. The third kappa shape index (κ3) is 4.20. The van der Waals surface area contributed by atoms with E-state index in [0.717, 1.165) is 17.4 Å². The minimum absolute atomic E-state index is 0.159. The molecule has 7 heteroatoms. The van der Waals surface area contributed by atoms with Gasteiger partial charge in [-0.3, -0.25) is 9.59 Å². The van der Waals surface area contributed by atoms with Crippen LogP contribution in [0.1, 0.15) is 21.7 Å². The van der Waals surface area contributed by atoms with Crippen molar-refractivity contribution in [1.29, 1.82) is 0 Å². The molecule has 0 unspecified atom stereocenters. The average Bonchev–Trinajstić information content (AvgIpc) is 2.95. The van der Waals surface area contributed by atoms with Gasteiger partial charge in [0.15, 0.2) is 0 Å². The van der Waals surface area contributed by atoms with Gasteiger partial charge in [-0.1, -0.05) is 24.3 Å². The molecule has 27 heavy (non-hydrogen) atoms. The van der Waals surface area contributed by atoms with E-state index in [1.165, 1.54) is 18.2 Å². The lowest BCUT2D eigenvalue weighted by molar-refractivity contribution is -0.115. The number of nitrogens with zero attached hydrogens (tertiary/aromatic N) is 2. The second kappa shape index (κ2) is 7.82. The molecular weight excluding hydrogens is 347 g/mol. The van der Waals surface area contributed by atoms with Gasteiger partial charge in [0.05, 0.1) is 29.3 Å². The number of aryl methyl sites for hydroxylation is 1. The highest BCUT2D eigenvalue weighted by Gasteiger charge is 2.16. The molecule has 0 aliphatic rings. The highest BCUT2D eigenvalue weighted by Crippen LogP contribution is 2.22. The van der Waals surface area contributed by atoms with Crippen molar-refractivity contribution < 1.29 is 14.0 Å². The van der Waals surface area contributed by atoms with Gasteiger partial charge in [0.2, 0.25) is 5.91 Å². The topological polar surface area (TPSA) is 76.0 Å². The van der Waals surface area contributed by atoms with Crippen LogP contribution in [-0.2, 0) is 4.79 Å². The van der Waals surface area contributed by atoms with Crippen LogP contribution >= 0.6 is 0 Å². The van der Waals surface area contributed by atoms with Crippen LogP contribution in [0.4, 0.5) is 10.1 Å². The van der Waals surface area contributed by atoms with Crippen molar-refractivity contribution in [1.82, 2.24) is 15.1 Å². The zero-order valence-electron chi connectivity index (χ0n) is 15.0. The molecule has 0 fully saturated rings. The van der Waals surface area contributed by atoms with E-state index >= 15 is 0 Å². The number of carbonyl (C=O) groups is 2. The number of nitrogens with one attached hydrogen (secondary N) is 2. The second-order valence-corrected chi connectivity index (χ2v) is 6.03. The molecule has 0 saturated carbocycles.